The molecule has 1 aromatic rings. The first-order valence-electron chi connectivity index (χ1n) is 4.65. The topological polar surface area (TPSA) is 43.1 Å². The minimum Gasteiger partial charge on any atom is -0.369 e. The van der Waals surface area contributed by atoms with Crippen LogP contribution in [0.3, 0.4) is 0 Å². The van der Waals surface area contributed by atoms with E-state index >= 15 is 0 Å². The van der Waals surface area contributed by atoms with Crippen molar-refractivity contribution in [2.75, 3.05) is 0 Å². The van der Waals surface area contributed by atoms with Crippen LogP contribution in [0.5, 0.6) is 0 Å². The predicted octanol–water partition coefficient (Wildman–Crippen LogP) is 1.20. The van der Waals surface area contributed by atoms with Gasteiger partial charge in [-0.3, -0.25) is 4.79 Å². The summed E-state index contributed by atoms with van der Waals surface area (Å²) in [4.78, 5) is 10.8. The van der Waals surface area contributed by atoms with Gasteiger partial charge in [0.1, 0.15) is 0 Å². The Kier molecular flexibility index (Phi) is 2.05. The zero-order chi connectivity index (χ0) is 9.26. The van der Waals surface area contributed by atoms with Crippen LogP contribution in [0.2, 0.25) is 0 Å². The Morgan fingerprint density at radius 3 is 3.00 bits per heavy atom. The quantitative estimate of drug-likeness (QED) is 0.721. The first-order valence-corrected chi connectivity index (χ1v) is 4.65. The largest absolute Gasteiger partial charge is 0.369 e. The van der Waals surface area contributed by atoms with Gasteiger partial charge in [0.05, 0.1) is 6.42 Å². The number of amides is 1. The lowest BCUT2D eigenvalue weighted by atomic mass is 10.0. The summed E-state index contributed by atoms with van der Waals surface area (Å²) >= 11 is 0. The summed E-state index contributed by atoms with van der Waals surface area (Å²) in [6.45, 7) is 0. The fourth-order valence-corrected chi connectivity index (χ4v) is 2.05. The van der Waals surface area contributed by atoms with E-state index in [-0.39, 0.29) is 5.91 Å². The molecule has 0 saturated heterocycles. The Morgan fingerprint density at radius 1 is 1.38 bits per heavy atom. The highest BCUT2D eigenvalue weighted by Crippen LogP contribution is 2.25. The van der Waals surface area contributed by atoms with Crippen LogP contribution < -0.4 is 5.73 Å². The smallest absolute Gasteiger partial charge is 0.221 e. The second-order valence-corrected chi connectivity index (χ2v) is 3.55. The summed E-state index contributed by atoms with van der Waals surface area (Å²) in [6.07, 6.45) is 3.87. The molecule has 0 heterocycles. The second kappa shape index (κ2) is 3.21. The van der Waals surface area contributed by atoms with E-state index in [2.05, 4.69) is 6.07 Å². The average molecular weight is 175 g/mol. The molecule has 2 rings (SSSR count). The van der Waals surface area contributed by atoms with Crippen LogP contribution in [0.25, 0.3) is 0 Å². The van der Waals surface area contributed by atoms with Gasteiger partial charge in [0.2, 0.25) is 5.91 Å². The van der Waals surface area contributed by atoms with E-state index < -0.39 is 0 Å². The molecule has 2 nitrogen and oxygen atoms in total. The molecule has 2 N–H and O–H groups in total. The van der Waals surface area contributed by atoms with E-state index in [1.54, 1.807) is 0 Å². The minimum absolute atomic E-state index is 0.236. The maximum absolute atomic E-state index is 10.8. The Bertz CT molecular complexity index is 344. The van der Waals surface area contributed by atoms with Crippen molar-refractivity contribution in [3.05, 3.63) is 34.9 Å². The van der Waals surface area contributed by atoms with Gasteiger partial charge in [-0.1, -0.05) is 18.2 Å². The van der Waals surface area contributed by atoms with Crippen molar-refractivity contribution >= 4 is 5.91 Å². The number of aryl methyl sites for hydroxylation is 1. The summed E-state index contributed by atoms with van der Waals surface area (Å²) in [7, 11) is 0. The molecular weight excluding hydrogens is 162 g/mol. The molecule has 1 aromatic carbocycles. The first kappa shape index (κ1) is 8.30. The lowest BCUT2D eigenvalue weighted by Gasteiger charge is -2.05. The number of hydrogen-bond acceptors (Lipinski definition) is 1. The van der Waals surface area contributed by atoms with Gasteiger partial charge >= 0.3 is 0 Å². The lowest BCUT2D eigenvalue weighted by Crippen LogP contribution is -2.14. The van der Waals surface area contributed by atoms with Crippen molar-refractivity contribution in [1.29, 1.82) is 0 Å². The third-order valence-electron chi connectivity index (χ3n) is 2.61. The highest BCUT2D eigenvalue weighted by Gasteiger charge is 2.14. The van der Waals surface area contributed by atoms with Gasteiger partial charge in [-0.15, -0.1) is 0 Å². The van der Waals surface area contributed by atoms with Crippen LogP contribution in [0.15, 0.2) is 18.2 Å². The number of hydrogen-bond donors (Lipinski definition) is 1. The van der Waals surface area contributed by atoms with E-state index in [1.807, 2.05) is 12.1 Å². The summed E-state index contributed by atoms with van der Waals surface area (Å²) < 4.78 is 0. The van der Waals surface area contributed by atoms with Crippen LogP contribution >= 0.6 is 0 Å². The lowest BCUT2D eigenvalue weighted by molar-refractivity contribution is -0.117. The van der Waals surface area contributed by atoms with Crippen molar-refractivity contribution in [3.63, 3.8) is 0 Å². The molecular formula is C11H13NO. The molecule has 0 aliphatic heterocycles. The predicted molar refractivity (Wildman–Crippen MR) is 51.4 cm³/mol. The summed E-state index contributed by atoms with van der Waals surface area (Å²) in [5.74, 6) is -0.236. The molecule has 1 aliphatic carbocycles. The average Bonchev–Trinajstić information content (AvgIpc) is 2.51. The molecule has 0 atom stereocenters. The number of carbonyl (C=O) groups excluding carboxylic acids is 1. The summed E-state index contributed by atoms with van der Waals surface area (Å²) in [5.41, 5.74) is 9.07. The minimum atomic E-state index is -0.236. The van der Waals surface area contributed by atoms with Crippen molar-refractivity contribution in [2.45, 2.75) is 25.7 Å². The van der Waals surface area contributed by atoms with Crippen molar-refractivity contribution in [2.24, 2.45) is 5.73 Å². The van der Waals surface area contributed by atoms with Crippen LogP contribution in [-0.2, 0) is 24.1 Å². The molecule has 0 spiro atoms. The van der Waals surface area contributed by atoms with E-state index in [0.717, 1.165) is 18.4 Å². The number of benzene rings is 1. The number of fused-ring (bicyclic) bond motifs is 1. The molecule has 1 aliphatic rings. The molecule has 0 radical (unpaired) electrons. The van der Waals surface area contributed by atoms with Gasteiger partial charge in [-0.05, 0) is 36.0 Å². The normalized spacial score (nSPS) is 14.2. The maximum Gasteiger partial charge on any atom is 0.221 e. The standard InChI is InChI=1S/C11H13NO/c12-11(13)7-9-5-1-3-8-4-2-6-10(8)9/h1,3,5H,2,4,6-7H2,(H2,12,13). The molecule has 0 saturated carbocycles. The zero-order valence-corrected chi connectivity index (χ0v) is 7.55. The Balaban J connectivity index is 2.36. The van der Waals surface area contributed by atoms with E-state index in [9.17, 15) is 4.79 Å². The Morgan fingerprint density at radius 2 is 2.23 bits per heavy atom. The second-order valence-electron chi connectivity index (χ2n) is 3.55. The van der Waals surface area contributed by atoms with Gasteiger partial charge in [-0.25, -0.2) is 0 Å². The third kappa shape index (κ3) is 1.57. The van der Waals surface area contributed by atoms with E-state index in [1.165, 1.54) is 17.5 Å². The molecule has 13 heavy (non-hydrogen) atoms. The monoisotopic (exact) mass is 175 g/mol. The molecule has 1 amide bonds. The number of nitrogens with two attached hydrogens (primary N) is 1. The summed E-state index contributed by atoms with van der Waals surface area (Å²) in [5, 5.41) is 0. The number of rotatable bonds is 2. The van der Waals surface area contributed by atoms with Crippen LogP contribution in [0, 0.1) is 0 Å². The molecule has 2 heteroatoms. The van der Waals surface area contributed by atoms with Crippen molar-refractivity contribution in [1.82, 2.24) is 0 Å². The van der Waals surface area contributed by atoms with Gasteiger partial charge < -0.3 is 5.73 Å². The van der Waals surface area contributed by atoms with Gasteiger partial charge in [0.25, 0.3) is 0 Å². The number of carbonyl (C=O) groups is 1. The molecule has 0 unspecified atom stereocenters. The molecule has 0 fully saturated rings. The fourth-order valence-electron chi connectivity index (χ4n) is 2.05. The van der Waals surface area contributed by atoms with Crippen LogP contribution in [0.1, 0.15) is 23.1 Å². The molecule has 68 valence electrons. The fraction of sp³-hybridized carbons (Fsp3) is 0.364. The van der Waals surface area contributed by atoms with Gasteiger partial charge in [-0.2, -0.15) is 0 Å². The van der Waals surface area contributed by atoms with Crippen LogP contribution in [-0.4, -0.2) is 5.91 Å². The summed E-state index contributed by atoms with van der Waals surface area (Å²) in [6, 6.07) is 6.17. The van der Waals surface area contributed by atoms with Gasteiger partial charge in [0.15, 0.2) is 0 Å². The van der Waals surface area contributed by atoms with Crippen molar-refractivity contribution in [3.8, 4) is 0 Å². The van der Waals surface area contributed by atoms with E-state index in [0.29, 0.717) is 6.42 Å². The van der Waals surface area contributed by atoms with Gasteiger partial charge in [0, 0.05) is 0 Å². The first-order chi connectivity index (χ1) is 6.27. The maximum atomic E-state index is 10.8. The molecule has 0 aromatic heterocycles. The highest BCUT2D eigenvalue weighted by molar-refractivity contribution is 5.77. The van der Waals surface area contributed by atoms with Crippen LogP contribution in [0.4, 0.5) is 0 Å². The molecule has 0 bridgehead atoms. The van der Waals surface area contributed by atoms with E-state index in [4.69, 9.17) is 5.73 Å². The Labute approximate surface area is 77.8 Å². The SMILES string of the molecule is NC(=O)Cc1cccc2c1CCC2. The Hall–Kier alpha value is -1.31. The third-order valence-corrected chi connectivity index (χ3v) is 2.61. The highest BCUT2D eigenvalue weighted by atomic mass is 16.1. The van der Waals surface area contributed by atoms with Crippen molar-refractivity contribution < 1.29 is 4.79 Å². The number of primary amides is 1. The zero-order valence-electron chi connectivity index (χ0n) is 7.55.